The lowest BCUT2D eigenvalue weighted by atomic mass is 9.99. The topological polar surface area (TPSA) is 237 Å². The summed E-state index contributed by atoms with van der Waals surface area (Å²) in [5.74, 6) is 0.416. The highest BCUT2D eigenvalue weighted by Crippen LogP contribution is 2.45. The lowest BCUT2D eigenvalue weighted by molar-refractivity contribution is -0.161. The molecule has 0 saturated carbocycles. The average Bonchev–Trinajstić information content (AvgIpc) is 0.894. The summed E-state index contributed by atoms with van der Waals surface area (Å²) in [4.78, 5) is 73.3. The van der Waals surface area contributed by atoms with Crippen molar-refractivity contribution >= 4 is 39.5 Å². The lowest BCUT2D eigenvalue weighted by Crippen LogP contribution is -2.30. The number of unbranched alkanes of at least 4 members (excludes halogenated alkanes) is 58. The molecule has 112 heavy (non-hydrogen) atoms. The molecule has 0 fully saturated rings. The fourth-order valence-electron chi connectivity index (χ4n) is 14.6. The van der Waals surface area contributed by atoms with Crippen molar-refractivity contribution in [2.75, 3.05) is 39.6 Å². The fraction of sp³-hybridized carbons (Fsp3) is 0.957. The van der Waals surface area contributed by atoms with Crippen LogP contribution < -0.4 is 0 Å². The molecule has 0 aromatic carbocycles. The summed E-state index contributed by atoms with van der Waals surface area (Å²) in [7, 11) is -9.93. The van der Waals surface area contributed by atoms with E-state index in [1.807, 2.05) is 0 Å². The van der Waals surface area contributed by atoms with Crippen LogP contribution in [0.5, 0.6) is 0 Å². The Hall–Kier alpha value is -1.94. The molecule has 0 heterocycles. The molecule has 19 heteroatoms. The van der Waals surface area contributed by atoms with Gasteiger partial charge < -0.3 is 33.8 Å². The van der Waals surface area contributed by atoms with E-state index >= 15 is 0 Å². The molecule has 0 aliphatic heterocycles. The second kappa shape index (κ2) is 82.7. The van der Waals surface area contributed by atoms with Gasteiger partial charge in [0.25, 0.3) is 0 Å². The molecule has 0 aliphatic carbocycles. The first-order chi connectivity index (χ1) is 54.3. The average molecular weight is 1630 g/mol. The SMILES string of the molecule is CCCCCCCCCCC(=O)OC[C@H](COP(=O)(O)OC[C@H](O)COP(=O)(O)OC[C@@H](COC(=O)CCCCCCCCCCCCCCCCCCCCC(C)C)OC(=O)CCCCCCCCCCCCCCCCCCCCC(C)CC)OC(=O)CCCCCCCCCCCCCCCCCCCCC(C)C. The van der Waals surface area contributed by atoms with E-state index in [2.05, 4.69) is 48.5 Å². The molecule has 0 aromatic heterocycles. The van der Waals surface area contributed by atoms with Crippen LogP contribution in [0.15, 0.2) is 0 Å². The number of hydrogen-bond acceptors (Lipinski definition) is 15. The van der Waals surface area contributed by atoms with Crippen molar-refractivity contribution in [1.29, 1.82) is 0 Å². The predicted octanol–water partition coefficient (Wildman–Crippen LogP) is 28.8. The number of carbonyl (C=O) groups is 4. The molecule has 0 amide bonds. The monoisotopic (exact) mass is 1630 g/mol. The number of rotatable bonds is 91. The predicted molar refractivity (Wildman–Crippen MR) is 465 cm³/mol. The Balaban J connectivity index is 5.16. The third-order valence-corrected chi connectivity index (χ3v) is 24.1. The third kappa shape index (κ3) is 84.5. The minimum Gasteiger partial charge on any atom is -0.462 e. The van der Waals surface area contributed by atoms with E-state index in [0.29, 0.717) is 25.7 Å². The molecule has 0 radical (unpaired) electrons. The zero-order valence-corrected chi connectivity index (χ0v) is 75.9. The highest BCUT2D eigenvalue weighted by molar-refractivity contribution is 7.47. The van der Waals surface area contributed by atoms with Crippen molar-refractivity contribution in [3.05, 3.63) is 0 Å². The van der Waals surface area contributed by atoms with E-state index < -0.39 is 97.5 Å². The van der Waals surface area contributed by atoms with Gasteiger partial charge in [-0.1, -0.05) is 447 Å². The molecule has 3 unspecified atom stereocenters. The van der Waals surface area contributed by atoms with E-state index in [1.165, 1.54) is 302 Å². The van der Waals surface area contributed by atoms with Gasteiger partial charge in [0.15, 0.2) is 12.2 Å². The van der Waals surface area contributed by atoms with Gasteiger partial charge in [-0.25, -0.2) is 9.13 Å². The van der Waals surface area contributed by atoms with Crippen LogP contribution in [0.2, 0.25) is 0 Å². The third-order valence-electron chi connectivity index (χ3n) is 22.2. The zero-order chi connectivity index (χ0) is 82.2. The normalized spacial score (nSPS) is 14.0. The van der Waals surface area contributed by atoms with Gasteiger partial charge >= 0.3 is 39.5 Å². The lowest BCUT2D eigenvalue weighted by Gasteiger charge is -2.21. The maximum Gasteiger partial charge on any atom is 0.472 e. The Kier molecular flexibility index (Phi) is 81.3. The molecule has 6 atom stereocenters. The molecule has 3 N–H and O–H groups in total. The van der Waals surface area contributed by atoms with Crippen LogP contribution in [0.25, 0.3) is 0 Å². The number of phosphoric ester groups is 2. The number of phosphoric acid groups is 2. The Bertz CT molecular complexity index is 2150. The van der Waals surface area contributed by atoms with E-state index in [1.54, 1.807) is 0 Å². The Morgan fingerprint density at radius 2 is 0.455 bits per heavy atom. The van der Waals surface area contributed by atoms with E-state index in [0.717, 1.165) is 114 Å². The maximum absolute atomic E-state index is 13.2. The van der Waals surface area contributed by atoms with Crippen molar-refractivity contribution in [2.45, 2.75) is 516 Å². The first kappa shape index (κ1) is 110. The van der Waals surface area contributed by atoms with Gasteiger partial charge in [-0.2, -0.15) is 0 Å². The second-order valence-corrected chi connectivity index (χ2v) is 37.5. The number of aliphatic hydroxyl groups excluding tert-OH is 1. The van der Waals surface area contributed by atoms with Crippen LogP contribution in [0, 0.1) is 17.8 Å². The second-order valence-electron chi connectivity index (χ2n) is 34.6. The van der Waals surface area contributed by atoms with Gasteiger partial charge in [0, 0.05) is 25.7 Å². The molecular weight excluding hydrogens is 1450 g/mol. The van der Waals surface area contributed by atoms with Gasteiger partial charge in [-0.05, 0) is 43.4 Å². The van der Waals surface area contributed by atoms with Crippen molar-refractivity contribution in [2.24, 2.45) is 17.8 Å². The van der Waals surface area contributed by atoms with Crippen LogP contribution >= 0.6 is 15.6 Å². The molecule has 0 rings (SSSR count). The molecule has 0 aromatic rings. The summed E-state index contributed by atoms with van der Waals surface area (Å²) in [6, 6.07) is 0. The number of aliphatic hydroxyl groups is 1. The highest BCUT2D eigenvalue weighted by atomic mass is 31.2. The summed E-state index contributed by atoms with van der Waals surface area (Å²) in [5, 5.41) is 10.7. The van der Waals surface area contributed by atoms with Crippen LogP contribution in [-0.4, -0.2) is 96.7 Å². The van der Waals surface area contributed by atoms with Gasteiger partial charge in [-0.3, -0.25) is 37.3 Å². The van der Waals surface area contributed by atoms with E-state index in [-0.39, 0.29) is 25.7 Å². The van der Waals surface area contributed by atoms with Crippen LogP contribution in [0.3, 0.4) is 0 Å². The zero-order valence-electron chi connectivity index (χ0n) is 74.2. The largest absolute Gasteiger partial charge is 0.472 e. The summed E-state index contributed by atoms with van der Waals surface area (Å²) in [6.45, 7) is 12.1. The summed E-state index contributed by atoms with van der Waals surface area (Å²) < 4.78 is 69.0. The Morgan fingerprint density at radius 1 is 0.259 bits per heavy atom. The van der Waals surface area contributed by atoms with Crippen molar-refractivity contribution in [1.82, 2.24) is 0 Å². The summed E-state index contributed by atoms with van der Waals surface area (Å²) in [6.07, 6.45) is 76.6. The number of ether oxygens (including phenoxy) is 4. The van der Waals surface area contributed by atoms with Crippen LogP contribution in [0.1, 0.15) is 498 Å². The number of hydrogen-bond donors (Lipinski definition) is 3. The van der Waals surface area contributed by atoms with Crippen LogP contribution in [0.4, 0.5) is 0 Å². The Morgan fingerprint density at radius 3 is 0.679 bits per heavy atom. The van der Waals surface area contributed by atoms with Gasteiger partial charge in [0.1, 0.15) is 19.3 Å². The van der Waals surface area contributed by atoms with E-state index in [4.69, 9.17) is 37.0 Å². The van der Waals surface area contributed by atoms with Crippen LogP contribution in [-0.2, 0) is 65.4 Å². The first-order valence-corrected chi connectivity index (χ1v) is 50.9. The summed E-state index contributed by atoms with van der Waals surface area (Å²) >= 11 is 0. The molecule has 0 bridgehead atoms. The Labute approximate surface area is 689 Å². The highest BCUT2D eigenvalue weighted by Gasteiger charge is 2.31. The molecule has 0 aliphatic rings. The molecule has 17 nitrogen and oxygen atoms in total. The quantitative estimate of drug-likeness (QED) is 0.0222. The van der Waals surface area contributed by atoms with Crippen molar-refractivity contribution < 1.29 is 80.2 Å². The minimum atomic E-state index is -4.97. The van der Waals surface area contributed by atoms with E-state index in [9.17, 15) is 43.2 Å². The van der Waals surface area contributed by atoms with Crippen molar-refractivity contribution in [3.8, 4) is 0 Å². The standard InChI is InChI=1S/C93H182O17P2/c1-8-10-11-12-13-53-60-67-74-90(95)103-80-88(109-92(97)76-69-62-55-48-42-36-30-24-18-15-21-27-33-39-45-51-58-65-72-85(5)6)82-107-111(99,100)105-78-87(94)79-106-112(101,102)108-83-89(81-104-91(96)75-68-61-54-47-41-35-29-23-17-14-20-26-32-38-44-50-57-64-71-84(3)4)110-93(98)77-70-63-56-49-43-37-31-25-19-16-22-28-34-40-46-52-59-66-73-86(7)9-2/h84-89,94H,8-83H2,1-7H3,(H,99,100)(H,101,102)/t86?,87-,88+,89+/m0/s1. The first-order valence-electron chi connectivity index (χ1n) is 47.9. The number of carbonyl (C=O) groups excluding carboxylic acids is 4. The smallest absolute Gasteiger partial charge is 0.462 e. The van der Waals surface area contributed by atoms with Gasteiger partial charge in [0.2, 0.25) is 0 Å². The molecular formula is C93H182O17P2. The molecule has 666 valence electrons. The summed E-state index contributed by atoms with van der Waals surface area (Å²) in [5.41, 5.74) is 0. The molecule has 0 saturated heterocycles. The minimum absolute atomic E-state index is 0.108. The maximum atomic E-state index is 13.2. The van der Waals surface area contributed by atoms with Crippen molar-refractivity contribution in [3.63, 3.8) is 0 Å². The molecule has 0 spiro atoms. The van der Waals surface area contributed by atoms with Gasteiger partial charge in [0.05, 0.1) is 26.4 Å². The number of esters is 4. The van der Waals surface area contributed by atoms with Gasteiger partial charge in [-0.15, -0.1) is 0 Å². The fourth-order valence-corrected chi connectivity index (χ4v) is 16.2.